The van der Waals surface area contributed by atoms with Crippen LogP contribution in [0.15, 0.2) is 0 Å². The van der Waals surface area contributed by atoms with Crippen molar-refractivity contribution >= 4 is 0 Å². The molecule has 1 saturated heterocycles. The van der Waals surface area contributed by atoms with Gasteiger partial charge in [-0.1, -0.05) is 0 Å². The largest absolute Gasteiger partial charge is 0.314 e. The highest BCUT2D eigenvalue weighted by Crippen LogP contribution is 2.21. The van der Waals surface area contributed by atoms with Gasteiger partial charge in [-0.3, -0.25) is 4.90 Å². The van der Waals surface area contributed by atoms with Crippen molar-refractivity contribution < 1.29 is 8.78 Å². The van der Waals surface area contributed by atoms with Crippen molar-refractivity contribution in [2.24, 2.45) is 0 Å². The first-order chi connectivity index (χ1) is 5.52. The molecule has 72 valence electrons. The normalized spacial score (nSPS) is 24.0. The van der Waals surface area contributed by atoms with Crippen LogP contribution in [0.25, 0.3) is 0 Å². The molecular weight excluding hydrogens is 162 g/mol. The summed E-state index contributed by atoms with van der Waals surface area (Å²) in [6, 6.07) is -0.639. The molecule has 0 aliphatic carbocycles. The minimum Gasteiger partial charge on any atom is -0.314 e. The molecule has 1 aliphatic heterocycles. The minimum absolute atomic E-state index is 0.639. The second kappa shape index (κ2) is 3.66. The Bertz CT molecular complexity index is 138. The predicted molar refractivity (Wildman–Crippen MR) is 44.5 cm³/mol. The molecule has 0 amide bonds. The van der Waals surface area contributed by atoms with Gasteiger partial charge in [0.15, 0.2) is 0 Å². The molecule has 4 heteroatoms. The first-order valence-electron chi connectivity index (χ1n) is 4.34. The second-order valence-corrected chi connectivity index (χ2v) is 3.42. The van der Waals surface area contributed by atoms with Crippen molar-refractivity contribution in [2.75, 3.05) is 26.2 Å². The zero-order chi connectivity index (χ0) is 9.19. The molecular formula is C8H16F2N2. The quantitative estimate of drug-likeness (QED) is 0.677. The number of hydrogen-bond acceptors (Lipinski definition) is 2. The molecule has 0 aromatic heterocycles. The van der Waals surface area contributed by atoms with Crippen LogP contribution in [-0.4, -0.2) is 43.0 Å². The number of hydrogen-bond donors (Lipinski definition) is 1. The molecule has 1 rings (SSSR count). The highest BCUT2D eigenvalue weighted by atomic mass is 19.3. The molecule has 1 fully saturated rings. The topological polar surface area (TPSA) is 15.3 Å². The number of nitrogens with zero attached hydrogens (tertiary/aromatic N) is 1. The lowest BCUT2D eigenvalue weighted by Gasteiger charge is -2.35. The standard InChI is InChI=1S/C8H16F2N2/c1-7(8(2,9)10)12-5-3-11-4-6-12/h7,11H,3-6H2,1-2H3. The first kappa shape index (κ1) is 9.86. The Morgan fingerprint density at radius 3 is 2.25 bits per heavy atom. The van der Waals surface area contributed by atoms with E-state index in [9.17, 15) is 8.78 Å². The summed E-state index contributed by atoms with van der Waals surface area (Å²) >= 11 is 0. The third-order valence-corrected chi connectivity index (χ3v) is 2.43. The minimum atomic E-state index is -2.59. The van der Waals surface area contributed by atoms with Gasteiger partial charge in [-0.25, -0.2) is 8.78 Å². The summed E-state index contributed by atoms with van der Waals surface area (Å²) in [6.45, 7) is 5.67. The van der Waals surface area contributed by atoms with Crippen LogP contribution in [0.2, 0.25) is 0 Å². The predicted octanol–water partition coefficient (Wildman–Crippen LogP) is 0.935. The second-order valence-electron chi connectivity index (χ2n) is 3.42. The lowest BCUT2D eigenvalue weighted by molar-refractivity contribution is -0.0618. The molecule has 0 bridgehead atoms. The monoisotopic (exact) mass is 178 g/mol. The van der Waals surface area contributed by atoms with E-state index in [2.05, 4.69) is 5.32 Å². The van der Waals surface area contributed by atoms with Crippen LogP contribution >= 0.6 is 0 Å². The smallest absolute Gasteiger partial charge is 0.260 e. The molecule has 12 heavy (non-hydrogen) atoms. The SMILES string of the molecule is CC(N1CCNCC1)C(C)(F)F. The number of rotatable bonds is 2. The highest BCUT2D eigenvalue weighted by Gasteiger charge is 2.34. The zero-order valence-electron chi connectivity index (χ0n) is 7.61. The summed E-state index contributed by atoms with van der Waals surface area (Å²) in [7, 11) is 0. The molecule has 1 heterocycles. The summed E-state index contributed by atoms with van der Waals surface area (Å²) in [5.74, 6) is -2.59. The lowest BCUT2D eigenvalue weighted by atomic mass is 10.1. The maximum Gasteiger partial charge on any atom is 0.260 e. The van der Waals surface area contributed by atoms with Crippen LogP contribution < -0.4 is 5.32 Å². The van der Waals surface area contributed by atoms with E-state index in [1.54, 1.807) is 6.92 Å². The van der Waals surface area contributed by atoms with Crippen molar-refractivity contribution in [2.45, 2.75) is 25.8 Å². The average molecular weight is 178 g/mol. The number of halogens is 2. The van der Waals surface area contributed by atoms with Gasteiger partial charge >= 0.3 is 0 Å². The zero-order valence-corrected chi connectivity index (χ0v) is 7.61. The van der Waals surface area contributed by atoms with E-state index in [0.717, 1.165) is 33.1 Å². The summed E-state index contributed by atoms with van der Waals surface area (Å²) in [6.07, 6.45) is 0. The van der Waals surface area contributed by atoms with Crippen LogP contribution in [0.4, 0.5) is 8.78 Å². The molecule has 0 spiro atoms. The van der Waals surface area contributed by atoms with Gasteiger partial charge in [0.2, 0.25) is 0 Å². The lowest BCUT2D eigenvalue weighted by Crippen LogP contribution is -2.52. The van der Waals surface area contributed by atoms with Crippen molar-refractivity contribution in [3.05, 3.63) is 0 Å². The van der Waals surface area contributed by atoms with E-state index >= 15 is 0 Å². The Morgan fingerprint density at radius 1 is 1.33 bits per heavy atom. The number of piperazine rings is 1. The Labute approximate surface area is 71.9 Å². The van der Waals surface area contributed by atoms with E-state index in [0.29, 0.717) is 0 Å². The van der Waals surface area contributed by atoms with Gasteiger partial charge in [-0.15, -0.1) is 0 Å². The Hall–Kier alpha value is -0.220. The fourth-order valence-electron chi connectivity index (χ4n) is 1.39. The molecule has 0 aromatic rings. The molecule has 0 radical (unpaired) electrons. The Balaban J connectivity index is 2.45. The number of nitrogens with one attached hydrogen (secondary N) is 1. The van der Waals surface area contributed by atoms with Crippen LogP contribution in [0.1, 0.15) is 13.8 Å². The Kier molecular flexibility index (Phi) is 3.01. The molecule has 1 unspecified atom stereocenters. The van der Waals surface area contributed by atoms with Crippen LogP contribution in [0.5, 0.6) is 0 Å². The first-order valence-corrected chi connectivity index (χ1v) is 4.34. The molecule has 1 atom stereocenters. The van der Waals surface area contributed by atoms with Gasteiger partial charge in [-0.2, -0.15) is 0 Å². The van der Waals surface area contributed by atoms with E-state index in [1.807, 2.05) is 4.90 Å². The van der Waals surface area contributed by atoms with Gasteiger partial charge < -0.3 is 5.32 Å². The van der Waals surface area contributed by atoms with Crippen molar-refractivity contribution in [3.63, 3.8) is 0 Å². The summed E-state index contributed by atoms with van der Waals surface area (Å²) in [5, 5.41) is 3.13. The third-order valence-electron chi connectivity index (χ3n) is 2.43. The summed E-state index contributed by atoms with van der Waals surface area (Å²) < 4.78 is 25.7. The van der Waals surface area contributed by atoms with Crippen LogP contribution in [0, 0.1) is 0 Å². The maximum atomic E-state index is 12.8. The van der Waals surface area contributed by atoms with Gasteiger partial charge in [0, 0.05) is 33.1 Å². The Morgan fingerprint density at radius 2 is 1.83 bits per heavy atom. The fourth-order valence-corrected chi connectivity index (χ4v) is 1.39. The number of alkyl halides is 2. The van der Waals surface area contributed by atoms with E-state index < -0.39 is 12.0 Å². The van der Waals surface area contributed by atoms with Crippen LogP contribution in [0.3, 0.4) is 0 Å². The van der Waals surface area contributed by atoms with E-state index in [1.165, 1.54) is 0 Å². The van der Waals surface area contributed by atoms with E-state index in [4.69, 9.17) is 0 Å². The third kappa shape index (κ3) is 2.38. The van der Waals surface area contributed by atoms with Gasteiger partial charge in [-0.05, 0) is 6.92 Å². The van der Waals surface area contributed by atoms with Crippen LogP contribution in [-0.2, 0) is 0 Å². The van der Waals surface area contributed by atoms with Crippen molar-refractivity contribution in [3.8, 4) is 0 Å². The van der Waals surface area contributed by atoms with Gasteiger partial charge in [0.05, 0.1) is 6.04 Å². The van der Waals surface area contributed by atoms with Gasteiger partial charge in [0.1, 0.15) is 0 Å². The molecule has 0 saturated carbocycles. The fraction of sp³-hybridized carbons (Fsp3) is 1.00. The molecule has 0 aromatic carbocycles. The summed E-state index contributed by atoms with van der Waals surface area (Å²) in [4.78, 5) is 1.83. The van der Waals surface area contributed by atoms with E-state index in [-0.39, 0.29) is 0 Å². The molecule has 1 aliphatic rings. The molecule has 2 nitrogen and oxygen atoms in total. The van der Waals surface area contributed by atoms with Crippen molar-refractivity contribution in [1.29, 1.82) is 0 Å². The maximum absolute atomic E-state index is 12.8. The van der Waals surface area contributed by atoms with Crippen molar-refractivity contribution in [1.82, 2.24) is 10.2 Å². The average Bonchev–Trinajstić information content (AvgIpc) is 2.03. The molecule has 1 N–H and O–H groups in total. The summed E-state index contributed by atoms with van der Waals surface area (Å²) in [5.41, 5.74) is 0. The highest BCUT2D eigenvalue weighted by molar-refractivity contribution is 4.81. The van der Waals surface area contributed by atoms with Gasteiger partial charge in [0.25, 0.3) is 5.92 Å².